The number of carbonyl (C=O) groups is 1. The standard InChI is InChI=1S/C27H28N4O3/c1-16(2)33-24-13-10-18(14-19(24)15-28)27-30-25(31-34-27)22-9-5-8-21-20(22)11-12-23(21)29-26(32)17-6-3-4-7-17/h5,8-10,13-14,16-17,23H,3-4,6-7,11-12H2,1-2H3,(H,29,32)/t23-/m0/s1. The number of benzene rings is 2. The van der Waals surface area contributed by atoms with Gasteiger partial charge in [-0.1, -0.05) is 36.2 Å². The van der Waals surface area contributed by atoms with E-state index in [0.29, 0.717) is 28.6 Å². The van der Waals surface area contributed by atoms with Gasteiger partial charge in [-0.2, -0.15) is 10.2 Å². The number of ether oxygens (including phenoxy) is 1. The Kier molecular flexibility index (Phi) is 6.06. The number of carbonyl (C=O) groups excluding carboxylic acids is 1. The Balaban J connectivity index is 1.39. The maximum atomic E-state index is 12.7. The van der Waals surface area contributed by atoms with E-state index in [4.69, 9.17) is 9.26 Å². The Morgan fingerprint density at radius 2 is 2.03 bits per heavy atom. The zero-order valence-corrected chi connectivity index (χ0v) is 19.5. The number of hydrogen-bond donors (Lipinski definition) is 1. The average molecular weight is 457 g/mol. The van der Waals surface area contributed by atoms with Gasteiger partial charge in [0.1, 0.15) is 11.8 Å². The van der Waals surface area contributed by atoms with E-state index in [1.54, 1.807) is 12.1 Å². The first-order chi connectivity index (χ1) is 16.5. The molecule has 0 aliphatic heterocycles. The predicted molar refractivity (Wildman–Crippen MR) is 127 cm³/mol. The van der Waals surface area contributed by atoms with Crippen LogP contribution in [0.4, 0.5) is 0 Å². The second-order valence-corrected chi connectivity index (χ2v) is 9.37. The van der Waals surface area contributed by atoms with E-state index in [0.717, 1.165) is 55.2 Å². The minimum absolute atomic E-state index is 0.0279. The van der Waals surface area contributed by atoms with Crippen molar-refractivity contribution in [2.75, 3.05) is 0 Å². The van der Waals surface area contributed by atoms with E-state index >= 15 is 0 Å². The molecule has 174 valence electrons. The fourth-order valence-corrected chi connectivity index (χ4v) is 5.05. The minimum Gasteiger partial charge on any atom is -0.490 e. The van der Waals surface area contributed by atoms with E-state index in [9.17, 15) is 10.1 Å². The second kappa shape index (κ2) is 9.30. The molecule has 0 saturated heterocycles. The van der Waals surface area contributed by atoms with Gasteiger partial charge in [-0.3, -0.25) is 4.79 Å². The van der Waals surface area contributed by atoms with Crippen molar-refractivity contribution in [3.05, 3.63) is 53.1 Å². The van der Waals surface area contributed by atoms with Crippen LogP contribution in [0.2, 0.25) is 0 Å². The molecule has 1 atom stereocenters. The number of amides is 1. The van der Waals surface area contributed by atoms with Crippen molar-refractivity contribution in [1.29, 1.82) is 5.26 Å². The molecule has 0 radical (unpaired) electrons. The molecule has 7 nitrogen and oxygen atoms in total. The molecule has 2 aromatic carbocycles. The van der Waals surface area contributed by atoms with Gasteiger partial charge in [0, 0.05) is 17.0 Å². The molecule has 2 aliphatic carbocycles. The third kappa shape index (κ3) is 4.28. The number of fused-ring (bicyclic) bond motifs is 1. The summed E-state index contributed by atoms with van der Waals surface area (Å²) in [6.45, 7) is 3.84. The van der Waals surface area contributed by atoms with Crippen molar-refractivity contribution < 1.29 is 14.1 Å². The van der Waals surface area contributed by atoms with E-state index in [1.807, 2.05) is 32.0 Å². The Labute approximate surface area is 199 Å². The van der Waals surface area contributed by atoms with Crippen LogP contribution >= 0.6 is 0 Å². The van der Waals surface area contributed by atoms with Crippen molar-refractivity contribution in [2.24, 2.45) is 5.92 Å². The first-order valence-electron chi connectivity index (χ1n) is 12.0. The Morgan fingerprint density at radius 1 is 1.21 bits per heavy atom. The molecule has 1 fully saturated rings. The molecule has 7 heteroatoms. The van der Waals surface area contributed by atoms with Gasteiger partial charge in [0.05, 0.1) is 17.7 Å². The zero-order valence-electron chi connectivity index (χ0n) is 19.5. The van der Waals surface area contributed by atoms with E-state index < -0.39 is 0 Å². The molecule has 0 bridgehead atoms. The maximum absolute atomic E-state index is 12.7. The number of nitrogens with one attached hydrogen (secondary N) is 1. The molecule has 1 saturated carbocycles. The van der Waals surface area contributed by atoms with Crippen LogP contribution in [0.5, 0.6) is 5.75 Å². The zero-order chi connectivity index (χ0) is 23.7. The summed E-state index contributed by atoms with van der Waals surface area (Å²) >= 11 is 0. The van der Waals surface area contributed by atoms with Crippen LogP contribution in [0, 0.1) is 17.2 Å². The molecule has 3 aromatic rings. The highest BCUT2D eigenvalue weighted by Crippen LogP contribution is 2.38. The molecule has 0 spiro atoms. The van der Waals surface area contributed by atoms with Crippen molar-refractivity contribution in [3.8, 4) is 34.7 Å². The predicted octanol–water partition coefficient (Wildman–Crippen LogP) is 5.36. The largest absolute Gasteiger partial charge is 0.490 e. The minimum atomic E-state index is -0.0279. The molecule has 1 heterocycles. The lowest BCUT2D eigenvalue weighted by Gasteiger charge is -2.17. The molecular weight excluding hydrogens is 428 g/mol. The second-order valence-electron chi connectivity index (χ2n) is 9.37. The average Bonchev–Trinajstić information content (AvgIpc) is 3.60. The van der Waals surface area contributed by atoms with Crippen LogP contribution in [-0.4, -0.2) is 22.2 Å². The lowest BCUT2D eigenvalue weighted by atomic mass is 10.0. The first kappa shape index (κ1) is 22.1. The van der Waals surface area contributed by atoms with Gasteiger partial charge in [0.15, 0.2) is 0 Å². The molecule has 1 amide bonds. The van der Waals surface area contributed by atoms with Crippen LogP contribution in [0.15, 0.2) is 40.9 Å². The third-order valence-electron chi connectivity index (χ3n) is 6.69. The van der Waals surface area contributed by atoms with Crippen molar-refractivity contribution in [3.63, 3.8) is 0 Å². The molecular formula is C27H28N4O3. The highest BCUT2D eigenvalue weighted by atomic mass is 16.5. The molecule has 0 unspecified atom stereocenters. The number of aromatic nitrogens is 2. The van der Waals surface area contributed by atoms with E-state index in [1.165, 1.54) is 0 Å². The number of hydrogen-bond acceptors (Lipinski definition) is 6. The van der Waals surface area contributed by atoms with Crippen LogP contribution in [-0.2, 0) is 11.2 Å². The van der Waals surface area contributed by atoms with Gasteiger partial charge in [-0.15, -0.1) is 0 Å². The molecule has 1 aromatic heterocycles. The monoisotopic (exact) mass is 456 g/mol. The van der Waals surface area contributed by atoms with Crippen LogP contribution in [0.1, 0.15) is 68.7 Å². The summed E-state index contributed by atoms with van der Waals surface area (Å²) in [7, 11) is 0. The molecule has 1 N–H and O–H groups in total. The lowest BCUT2D eigenvalue weighted by molar-refractivity contribution is -0.125. The SMILES string of the molecule is CC(C)Oc1ccc(-c2nc(-c3cccc4c3CC[C@@H]4NC(=O)C3CCCC3)no2)cc1C#N. The highest BCUT2D eigenvalue weighted by molar-refractivity contribution is 5.80. The Bertz CT molecular complexity index is 1250. The topological polar surface area (TPSA) is 101 Å². The van der Waals surface area contributed by atoms with Gasteiger partial charge in [-0.25, -0.2) is 0 Å². The summed E-state index contributed by atoms with van der Waals surface area (Å²) in [5.41, 5.74) is 4.31. The fourth-order valence-electron chi connectivity index (χ4n) is 5.05. The Morgan fingerprint density at radius 3 is 2.79 bits per heavy atom. The fraction of sp³-hybridized carbons (Fsp3) is 0.407. The summed E-state index contributed by atoms with van der Waals surface area (Å²) in [6, 6.07) is 13.5. The van der Waals surface area contributed by atoms with Crippen molar-refractivity contribution >= 4 is 5.91 Å². The number of nitrogens with zero attached hydrogens (tertiary/aromatic N) is 3. The third-order valence-corrected chi connectivity index (χ3v) is 6.69. The molecule has 2 aliphatic rings. The lowest BCUT2D eigenvalue weighted by Crippen LogP contribution is -2.32. The summed E-state index contributed by atoms with van der Waals surface area (Å²) in [5.74, 6) is 1.73. The van der Waals surface area contributed by atoms with E-state index in [-0.39, 0.29) is 24.0 Å². The summed E-state index contributed by atoms with van der Waals surface area (Å²) in [4.78, 5) is 17.3. The van der Waals surface area contributed by atoms with Crippen molar-refractivity contribution in [2.45, 2.75) is 64.5 Å². The Hall–Kier alpha value is -3.66. The van der Waals surface area contributed by atoms with Crippen LogP contribution < -0.4 is 10.1 Å². The molecule has 5 rings (SSSR count). The quantitative estimate of drug-likeness (QED) is 0.536. The van der Waals surface area contributed by atoms with Crippen LogP contribution in [0.25, 0.3) is 22.8 Å². The van der Waals surface area contributed by atoms with Crippen molar-refractivity contribution in [1.82, 2.24) is 15.5 Å². The van der Waals surface area contributed by atoms with Gasteiger partial charge < -0.3 is 14.6 Å². The van der Waals surface area contributed by atoms with Gasteiger partial charge in [-0.05, 0) is 68.9 Å². The molecule has 34 heavy (non-hydrogen) atoms. The highest BCUT2D eigenvalue weighted by Gasteiger charge is 2.30. The smallest absolute Gasteiger partial charge is 0.258 e. The summed E-state index contributed by atoms with van der Waals surface area (Å²) in [5, 5.41) is 17.0. The van der Waals surface area contributed by atoms with Crippen LogP contribution in [0.3, 0.4) is 0 Å². The van der Waals surface area contributed by atoms with Gasteiger partial charge in [0.25, 0.3) is 5.89 Å². The number of nitriles is 1. The first-order valence-corrected chi connectivity index (χ1v) is 12.0. The van der Waals surface area contributed by atoms with Gasteiger partial charge in [0.2, 0.25) is 11.7 Å². The normalized spacial score (nSPS) is 17.5. The van der Waals surface area contributed by atoms with E-state index in [2.05, 4.69) is 27.6 Å². The maximum Gasteiger partial charge on any atom is 0.258 e. The number of rotatable bonds is 6. The summed E-state index contributed by atoms with van der Waals surface area (Å²) < 4.78 is 11.3. The van der Waals surface area contributed by atoms with Gasteiger partial charge >= 0.3 is 0 Å². The summed E-state index contributed by atoms with van der Waals surface area (Å²) in [6.07, 6.45) is 5.98.